The maximum Gasteiger partial charge on any atom is 0.336 e. The summed E-state index contributed by atoms with van der Waals surface area (Å²) in [6.07, 6.45) is -2.55. The zero-order chi connectivity index (χ0) is 22.7. The number of cyclic esters (lactones) is 1. The Labute approximate surface area is 186 Å². The maximum absolute atomic E-state index is 12.9. The smallest absolute Gasteiger partial charge is 0.336 e. The van der Waals surface area contributed by atoms with E-state index in [0.717, 1.165) is 5.75 Å². The quantitative estimate of drug-likeness (QED) is 0.490. The molecule has 2 aliphatic carbocycles. The van der Waals surface area contributed by atoms with Crippen molar-refractivity contribution in [1.82, 2.24) is 0 Å². The molecule has 31 heavy (non-hydrogen) atoms. The molecule has 8 nitrogen and oxygen atoms in total. The van der Waals surface area contributed by atoms with Gasteiger partial charge in [-0.05, 0) is 38.5 Å². The van der Waals surface area contributed by atoms with Gasteiger partial charge in [0.05, 0.1) is 23.9 Å². The largest absolute Gasteiger partial charge is 0.466 e. The van der Waals surface area contributed by atoms with Crippen molar-refractivity contribution in [3.05, 3.63) is 11.1 Å². The van der Waals surface area contributed by atoms with Crippen LogP contribution in [0.15, 0.2) is 11.1 Å². The lowest BCUT2D eigenvalue weighted by molar-refractivity contribution is -0.236. The Balaban J connectivity index is 1.92. The van der Waals surface area contributed by atoms with Gasteiger partial charge in [-0.1, -0.05) is 6.92 Å². The fraction of sp³-hybridized carbons (Fsp3) is 0.773. The first kappa shape index (κ1) is 22.6. The third-order valence-corrected chi connectivity index (χ3v) is 8.83. The Morgan fingerprint density at radius 1 is 1.29 bits per heavy atom. The number of fused-ring (bicyclic) bond motifs is 2. The summed E-state index contributed by atoms with van der Waals surface area (Å²) in [4.78, 5) is 38.5. The second-order valence-corrected chi connectivity index (χ2v) is 10.3. The number of aliphatic hydroxyl groups excluding tert-OH is 1. The molecule has 9 heteroatoms. The zero-order valence-electron chi connectivity index (χ0n) is 18.5. The summed E-state index contributed by atoms with van der Waals surface area (Å²) >= 11 is 1.62. The van der Waals surface area contributed by atoms with Crippen LogP contribution in [0, 0.1) is 29.1 Å². The number of esters is 3. The van der Waals surface area contributed by atoms with E-state index in [2.05, 4.69) is 0 Å². The average molecular weight is 455 g/mol. The monoisotopic (exact) mass is 454 g/mol. The summed E-state index contributed by atoms with van der Waals surface area (Å²) in [6.45, 7) is 7.49. The van der Waals surface area contributed by atoms with Gasteiger partial charge in [-0.2, -0.15) is 11.8 Å². The first-order valence-corrected chi connectivity index (χ1v) is 11.9. The average Bonchev–Trinajstić information content (AvgIpc) is 3.07. The summed E-state index contributed by atoms with van der Waals surface area (Å²) in [7, 11) is 1.42. The van der Waals surface area contributed by atoms with Crippen molar-refractivity contribution in [2.75, 3.05) is 19.5 Å². The molecule has 9 atom stereocenters. The van der Waals surface area contributed by atoms with Crippen molar-refractivity contribution < 1.29 is 38.4 Å². The molecule has 0 aromatic heterocycles. The minimum atomic E-state index is -1.10. The number of carbonyl (C=O) groups is 3. The summed E-state index contributed by atoms with van der Waals surface area (Å²) in [5.74, 6) is -2.20. The Morgan fingerprint density at radius 2 is 2.00 bits per heavy atom. The predicted molar refractivity (Wildman–Crippen MR) is 111 cm³/mol. The Kier molecular flexibility index (Phi) is 5.89. The van der Waals surface area contributed by atoms with Crippen LogP contribution in [0.4, 0.5) is 0 Å². The summed E-state index contributed by atoms with van der Waals surface area (Å²) in [6, 6.07) is 0. The van der Waals surface area contributed by atoms with E-state index in [-0.39, 0.29) is 29.7 Å². The molecule has 0 amide bonds. The van der Waals surface area contributed by atoms with Crippen LogP contribution in [-0.4, -0.2) is 66.2 Å². The van der Waals surface area contributed by atoms with Crippen molar-refractivity contribution in [2.45, 2.75) is 57.9 Å². The van der Waals surface area contributed by atoms with Crippen LogP contribution in [0.3, 0.4) is 0 Å². The minimum Gasteiger partial charge on any atom is -0.466 e. The fourth-order valence-corrected chi connectivity index (χ4v) is 7.65. The van der Waals surface area contributed by atoms with E-state index in [1.807, 2.05) is 6.92 Å². The van der Waals surface area contributed by atoms with Crippen molar-refractivity contribution in [3.8, 4) is 0 Å². The molecule has 0 aromatic rings. The van der Waals surface area contributed by atoms with E-state index in [9.17, 15) is 19.5 Å². The molecular weight excluding hydrogens is 424 g/mol. The second-order valence-electron chi connectivity index (χ2n) is 8.86. The van der Waals surface area contributed by atoms with Crippen molar-refractivity contribution in [2.24, 2.45) is 29.1 Å². The van der Waals surface area contributed by atoms with E-state index in [1.165, 1.54) is 7.11 Å². The summed E-state index contributed by atoms with van der Waals surface area (Å²) in [5.41, 5.74) is 0.0202. The van der Waals surface area contributed by atoms with Gasteiger partial charge in [0.1, 0.15) is 12.2 Å². The number of rotatable bonds is 5. The van der Waals surface area contributed by atoms with Crippen molar-refractivity contribution in [3.63, 3.8) is 0 Å². The maximum atomic E-state index is 12.9. The molecule has 0 bridgehead atoms. The lowest BCUT2D eigenvalue weighted by atomic mass is 9.51. The standard InChI is InChI=1S/C22H30O8S/c1-6-28-19(25)11-8-10-12-13(16(11)31-7-2)14-9(3)18(24)30-21(27-5)22(14,4)17(23)15(12)29-20(10)26/h10-13,15-17,21,23H,6-8H2,1-5H3/t10-,11?,12-,13-,15-,16?,17-,21-,22?/m0/s1. The molecule has 2 saturated carbocycles. The van der Waals surface area contributed by atoms with Gasteiger partial charge in [-0.15, -0.1) is 0 Å². The molecule has 1 saturated heterocycles. The number of hydrogen-bond donors (Lipinski definition) is 1. The van der Waals surface area contributed by atoms with Gasteiger partial charge in [0.2, 0.25) is 6.29 Å². The number of thioether (sulfide) groups is 1. The lowest BCUT2D eigenvalue weighted by Gasteiger charge is -2.57. The molecule has 1 N–H and O–H groups in total. The lowest BCUT2D eigenvalue weighted by Crippen LogP contribution is -2.65. The van der Waals surface area contributed by atoms with Crippen LogP contribution in [0.1, 0.15) is 34.1 Å². The molecular formula is C22H30O8S. The van der Waals surface area contributed by atoms with Gasteiger partial charge < -0.3 is 24.1 Å². The van der Waals surface area contributed by atoms with Gasteiger partial charge in [-0.3, -0.25) is 9.59 Å². The minimum absolute atomic E-state index is 0.220. The number of hydrogen-bond acceptors (Lipinski definition) is 9. The van der Waals surface area contributed by atoms with Crippen LogP contribution < -0.4 is 0 Å². The molecule has 0 aromatic carbocycles. The Bertz CT molecular complexity index is 824. The van der Waals surface area contributed by atoms with Gasteiger partial charge in [0.25, 0.3) is 0 Å². The van der Waals surface area contributed by atoms with Crippen molar-refractivity contribution >= 4 is 29.7 Å². The fourth-order valence-electron chi connectivity index (χ4n) is 6.29. The highest BCUT2D eigenvalue weighted by Gasteiger charge is 2.70. The topological polar surface area (TPSA) is 108 Å². The van der Waals surface area contributed by atoms with Crippen LogP contribution in [0.2, 0.25) is 0 Å². The highest BCUT2D eigenvalue weighted by molar-refractivity contribution is 7.99. The first-order valence-electron chi connectivity index (χ1n) is 10.8. The highest BCUT2D eigenvalue weighted by Crippen LogP contribution is 2.63. The zero-order valence-corrected chi connectivity index (χ0v) is 19.3. The highest BCUT2D eigenvalue weighted by atomic mass is 32.2. The van der Waals surface area contributed by atoms with E-state index in [0.29, 0.717) is 17.6 Å². The second kappa shape index (κ2) is 8.08. The molecule has 4 aliphatic rings. The molecule has 3 fully saturated rings. The van der Waals surface area contributed by atoms with E-state index < -0.39 is 47.7 Å². The van der Waals surface area contributed by atoms with E-state index in [1.54, 1.807) is 32.5 Å². The number of ether oxygens (including phenoxy) is 4. The number of methoxy groups -OCH3 is 1. The van der Waals surface area contributed by atoms with Crippen LogP contribution >= 0.6 is 11.8 Å². The molecule has 2 aliphatic heterocycles. The molecule has 3 unspecified atom stereocenters. The van der Waals surface area contributed by atoms with Gasteiger partial charge in [0, 0.05) is 29.8 Å². The number of carbonyl (C=O) groups excluding carboxylic acids is 3. The predicted octanol–water partition coefficient (Wildman–Crippen LogP) is 1.69. The molecule has 0 spiro atoms. The summed E-state index contributed by atoms with van der Waals surface area (Å²) < 4.78 is 22.1. The number of aliphatic hydroxyl groups is 1. The van der Waals surface area contributed by atoms with E-state index in [4.69, 9.17) is 18.9 Å². The third kappa shape index (κ3) is 3.07. The van der Waals surface area contributed by atoms with Crippen LogP contribution in [-0.2, 0) is 33.3 Å². The van der Waals surface area contributed by atoms with Gasteiger partial charge >= 0.3 is 17.9 Å². The molecule has 4 rings (SSSR count). The van der Waals surface area contributed by atoms with E-state index >= 15 is 0 Å². The first-order chi connectivity index (χ1) is 14.7. The Morgan fingerprint density at radius 3 is 2.61 bits per heavy atom. The molecule has 172 valence electrons. The Hall–Kier alpha value is -1.58. The van der Waals surface area contributed by atoms with Gasteiger partial charge in [-0.25, -0.2) is 4.79 Å². The van der Waals surface area contributed by atoms with Crippen LogP contribution in [0.5, 0.6) is 0 Å². The normalized spacial score (nSPS) is 43.7. The third-order valence-electron chi connectivity index (χ3n) is 7.49. The van der Waals surface area contributed by atoms with Crippen LogP contribution in [0.25, 0.3) is 0 Å². The molecule has 0 radical (unpaired) electrons. The SMILES string of the molecule is CCOC(=O)C1C[C@@H]2C(=O)O[C@H]3[C@@H]2[C@@H](C2=C(C)C(=O)O[C@H](OC)C2(C)[C@H]3O)C1SCC. The van der Waals surface area contributed by atoms with Gasteiger partial charge in [0.15, 0.2) is 0 Å². The molecule has 2 heterocycles. The van der Waals surface area contributed by atoms with Crippen molar-refractivity contribution in [1.29, 1.82) is 0 Å². The summed E-state index contributed by atoms with van der Waals surface area (Å²) in [5, 5.41) is 11.2.